The zero-order valence-electron chi connectivity index (χ0n) is 11.8. The monoisotopic (exact) mass is 303 g/mol. The smallest absolute Gasteiger partial charge is 0.241 e. The molecule has 3 aliphatic rings. The van der Waals surface area contributed by atoms with Gasteiger partial charge >= 0.3 is 0 Å². The van der Waals surface area contributed by atoms with E-state index in [-0.39, 0.29) is 12.5 Å². The third-order valence-electron chi connectivity index (χ3n) is 4.89. The van der Waals surface area contributed by atoms with Gasteiger partial charge in [-0.15, -0.1) is 0 Å². The Balaban J connectivity index is 1.80. The summed E-state index contributed by atoms with van der Waals surface area (Å²) >= 11 is 0. The van der Waals surface area contributed by atoms with E-state index in [1.54, 1.807) is 19.1 Å². The number of carbonyl (C=O) groups is 2. The zero-order chi connectivity index (χ0) is 15.7. The van der Waals surface area contributed by atoms with Gasteiger partial charge in [-0.3, -0.25) is 9.59 Å². The van der Waals surface area contributed by atoms with Gasteiger partial charge in [-0.05, 0) is 31.2 Å². The van der Waals surface area contributed by atoms with Crippen LogP contribution in [0.1, 0.15) is 6.92 Å². The molecule has 3 aliphatic heterocycles. The Labute approximate surface area is 126 Å². The Hall–Kier alpha value is -2.05. The number of nitrogens with zero attached hydrogens (tertiary/aromatic N) is 1. The standard InChI is InChI=1S/C16H14FNO4/c1-15-6-7-16(8-19,22-15)12-11(15)13(20)18(14(12)21)10-4-2-9(17)3-5-10/h2-7,11-12,19H,8H2,1H3/t11-,12+,15-,16-/m0/s1. The van der Waals surface area contributed by atoms with Crippen LogP contribution in [0, 0.1) is 17.7 Å². The van der Waals surface area contributed by atoms with Crippen molar-refractivity contribution in [3.8, 4) is 0 Å². The molecular formula is C16H14FNO4. The molecule has 0 radical (unpaired) electrons. The molecule has 22 heavy (non-hydrogen) atoms. The highest BCUT2D eigenvalue weighted by Crippen LogP contribution is 2.57. The van der Waals surface area contributed by atoms with Crippen molar-refractivity contribution in [2.24, 2.45) is 11.8 Å². The van der Waals surface area contributed by atoms with Gasteiger partial charge in [0.05, 0.1) is 29.7 Å². The quantitative estimate of drug-likeness (QED) is 0.654. The molecule has 0 unspecified atom stereocenters. The maximum absolute atomic E-state index is 13.1. The molecule has 3 heterocycles. The molecule has 2 saturated heterocycles. The molecule has 4 atom stereocenters. The average Bonchev–Trinajstić information content (AvgIpc) is 3.07. The number of halogens is 1. The van der Waals surface area contributed by atoms with Crippen molar-refractivity contribution in [1.82, 2.24) is 0 Å². The maximum atomic E-state index is 13.1. The second-order valence-electron chi connectivity index (χ2n) is 6.18. The topological polar surface area (TPSA) is 66.8 Å². The minimum absolute atomic E-state index is 0.335. The van der Waals surface area contributed by atoms with Gasteiger partial charge < -0.3 is 9.84 Å². The van der Waals surface area contributed by atoms with Crippen molar-refractivity contribution in [2.75, 3.05) is 11.5 Å². The van der Waals surface area contributed by atoms with E-state index < -0.39 is 34.8 Å². The Kier molecular flexibility index (Phi) is 2.49. The van der Waals surface area contributed by atoms with Crippen LogP contribution in [0.15, 0.2) is 36.4 Å². The molecule has 2 amide bonds. The molecule has 0 spiro atoms. The average molecular weight is 303 g/mol. The van der Waals surface area contributed by atoms with Gasteiger partial charge in [-0.2, -0.15) is 0 Å². The van der Waals surface area contributed by atoms with Crippen LogP contribution in [0.25, 0.3) is 0 Å². The van der Waals surface area contributed by atoms with Crippen LogP contribution in [0.4, 0.5) is 10.1 Å². The molecule has 2 fully saturated rings. The number of carbonyl (C=O) groups excluding carboxylic acids is 2. The SMILES string of the molecule is C[C@@]12C=C[C@@](CO)(O1)[C@H]1C(=O)N(c3ccc(F)cc3)C(=O)[C@H]12. The number of amides is 2. The number of anilines is 1. The molecule has 1 N–H and O–H groups in total. The lowest BCUT2D eigenvalue weighted by Gasteiger charge is -2.26. The van der Waals surface area contributed by atoms with Crippen LogP contribution in [-0.4, -0.2) is 34.7 Å². The third kappa shape index (κ3) is 1.43. The van der Waals surface area contributed by atoms with Gasteiger partial charge in [0.15, 0.2) is 0 Å². The molecule has 4 rings (SSSR count). The van der Waals surface area contributed by atoms with E-state index in [0.29, 0.717) is 5.69 Å². The van der Waals surface area contributed by atoms with Crippen LogP contribution in [-0.2, 0) is 14.3 Å². The fraction of sp³-hybridized carbons (Fsp3) is 0.375. The van der Waals surface area contributed by atoms with Gasteiger partial charge in [-0.1, -0.05) is 12.2 Å². The largest absolute Gasteiger partial charge is 0.393 e. The van der Waals surface area contributed by atoms with Gasteiger partial charge in [0.2, 0.25) is 11.8 Å². The molecule has 1 aromatic carbocycles. The fourth-order valence-electron chi connectivity index (χ4n) is 3.89. The maximum Gasteiger partial charge on any atom is 0.241 e. The summed E-state index contributed by atoms with van der Waals surface area (Å²) in [6.45, 7) is 1.38. The molecule has 0 aromatic heterocycles. The molecule has 5 nitrogen and oxygen atoms in total. The van der Waals surface area contributed by atoms with Gasteiger partial charge in [0.1, 0.15) is 11.4 Å². The van der Waals surface area contributed by atoms with E-state index in [9.17, 15) is 19.1 Å². The van der Waals surface area contributed by atoms with Crippen LogP contribution >= 0.6 is 0 Å². The zero-order valence-corrected chi connectivity index (χ0v) is 11.8. The molecule has 0 aliphatic carbocycles. The number of hydrogen-bond acceptors (Lipinski definition) is 4. The number of imide groups is 1. The predicted molar refractivity (Wildman–Crippen MR) is 74.3 cm³/mol. The second-order valence-corrected chi connectivity index (χ2v) is 6.18. The van der Waals surface area contributed by atoms with Crippen molar-refractivity contribution >= 4 is 17.5 Å². The van der Waals surface area contributed by atoms with Crippen molar-refractivity contribution in [3.05, 3.63) is 42.2 Å². The van der Waals surface area contributed by atoms with E-state index in [4.69, 9.17) is 4.74 Å². The first kappa shape index (κ1) is 13.6. The third-order valence-corrected chi connectivity index (χ3v) is 4.89. The lowest BCUT2D eigenvalue weighted by Crippen LogP contribution is -2.43. The van der Waals surface area contributed by atoms with E-state index in [1.165, 1.54) is 24.3 Å². The molecule has 1 aromatic rings. The fourth-order valence-corrected chi connectivity index (χ4v) is 3.89. The van der Waals surface area contributed by atoms with E-state index in [1.807, 2.05) is 0 Å². The Morgan fingerprint density at radius 1 is 1.18 bits per heavy atom. The van der Waals surface area contributed by atoms with Crippen LogP contribution in [0.3, 0.4) is 0 Å². The minimum atomic E-state index is -1.14. The first-order valence-electron chi connectivity index (χ1n) is 7.07. The first-order chi connectivity index (χ1) is 10.4. The van der Waals surface area contributed by atoms with E-state index in [0.717, 1.165) is 4.90 Å². The van der Waals surface area contributed by atoms with Gasteiger partial charge in [0, 0.05) is 0 Å². The van der Waals surface area contributed by atoms with E-state index >= 15 is 0 Å². The number of aliphatic hydroxyl groups is 1. The predicted octanol–water partition coefficient (Wildman–Crippen LogP) is 1.02. The lowest BCUT2D eigenvalue weighted by molar-refractivity contribution is -0.131. The van der Waals surface area contributed by atoms with Crippen LogP contribution in [0.2, 0.25) is 0 Å². The molecule has 2 bridgehead atoms. The van der Waals surface area contributed by atoms with Gasteiger partial charge in [-0.25, -0.2) is 9.29 Å². The summed E-state index contributed by atoms with van der Waals surface area (Å²) < 4.78 is 18.9. The van der Waals surface area contributed by atoms with Gasteiger partial charge in [0.25, 0.3) is 0 Å². The number of ether oxygens (including phenoxy) is 1. The van der Waals surface area contributed by atoms with E-state index in [2.05, 4.69) is 0 Å². The summed E-state index contributed by atoms with van der Waals surface area (Å²) in [4.78, 5) is 26.6. The first-order valence-corrected chi connectivity index (χ1v) is 7.07. The summed E-state index contributed by atoms with van der Waals surface area (Å²) in [6.07, 6.45) is 3.41. The number of aliphatic hydroxyl groups excluding tert-OH is 1. The molecule has 114 valence electrons. The molecule has 6 heteroatoms. The Bertz CT molecular complexity index is 715. The number of rotatable bonds is 2. The molecule has 0 saturated carbocycles. The summed E-state index contributed by atoms with van der Waals surface area (Å²) in [5.74, 6) is -2.63. The second kappa shape index (κ2) is 4.02. The highest BCUT2D eigenvalue weighted by atomic mass is 19.1. The number of hydrogen-bond donors (Lipinski definition) is 1. The Morgan fingerprint density at radius 3 is 2.45 bits per heavy atom. The highest BCUT2D eigenvalue weighted by molar-refractivity contribution is 6.23. The minimum Gasteiger partial charge on any atom is -0.393 e. The summed E-state index contributed by atoms with van der Waals surface area (Å²) in [5, 5.41) is 9.69. The summed E-state index contributed by atoms with van der Waals surface area (Å²) in [7, 11) is 0. The normalized spacial score (nSPS) is 39.0. The highest BCUT2D eigenvalue weighted by Gasteiger charge is 2.72. The van der Waals surface area contributed by atoms with Crippen molar-refractivity contribution in [2.45, 2.75) is 18.1 Å². The lowest BCUT2D eigenvalue weighted by atomic mass is 9.73. The van der Waals surface area contributed by atoms with Crippen molar-refractivity contribution in [1.29, 1.82) is 0 Å². The molecular weight excluding hydrogens is 289 g/mol. The van der Waals surface area contributed by atoms with Crippen molar-refractivity contribution in [3.63, 3.8) is 0 Å². The number of fused-ring (bicyclic) bond motifs is 5. The van der Waals surface area contributed by atoms with Crippen molar-refractivity contribution < 1.29 is 23.8 Å². The summed E-state index contributed by atoms with van der Waals surface area (Å²) in [6, 6.07) is 5.21. The number of benzene rings is 1. The van der Waals surface area contributed by atoms with Crippen LogP contribution < -0.4 is 4.90 Å². The summed E-state index contributed by atoms with van der Waals surface area (Å²) in [5.41, 5.74) is -1.70. The van der Waals surface area contributed by atoms with Crippen LogP contribution in [0.5, 0.6) is 0 Å². The Morgan fingerprint density at radius 2 is 1.82 bits per heavy atom.